The molecule has 0 atom stereocenters. The molecule has 0 N–H and O–H groups in total. The molecule has 0 spiro atoms. The number of benzene rings is 1. The van der Waals surface area contributed by atoms with Crippen molar-refractivity contribution in [3.05, 3.63) is 47.3 Å². The number of hydrogen-bond donors (Lipinski definition) is 0. The maximum absolute atomic E-state index is 12.5. The van der Waals surface area contributed by atoms with Crippen LogP contribution >= 0.6 is 0 Å². The molecule has 1 amide bonds. The van der Waals surface area contributed by atoms with E-state index in [2.05, 4.69) is 10.1 Å². The first kappa shape index (κ1) is 17.5. The summed E-state index contributed by atoms with van der Waals surface area (Å²) in [7, 11) is 0. The van der Waals surface area contributed by atoms with E-state index < -0.39 is 0 Å². The molecule has 2 aromatic rings. The number of hydrogen-bond acceptors (Lipinski definition) is 5. The van der Waals surface area contributed by atoms with Crippen molar-refractivity contribution in [2.75, 3.05) is 32.8 Å². The summed E-state index contributed by atoms with van der Waals surface area (Å²) in [6.07, 6.45) is 0.438. The highest BCUT2D eigenvalue weighted by Gasteiger charge is 2.22. The fraction of sp³-hybridized carbons (Fsp3) is 0.474. The Bertz CT molecular complexity index is 688. The number of aromatic nitrogens is 1. The molecule has 134 valence electrons. The van der Waals surface area contributed by atoms with E-state index in [0.717, 1.165) is 55.5 Å². The minimum atomic E-state index is 0.180. The monoisotopic (exact) mass is 343 g/mol. The van der Waals surface area contributed by atoms with E-state index in [-0.39, 0.29) is 5.91 Å². The first-order valence-corrected chi connectivity index (χ1v) is 8.78. The third-order valence-corrected chi connectivity index (χ3v) is 4.37. The van der Waals surface area contributed by atoms with Crippen molar-refractivity contribution < 1.29 is 14.1 Å². The molecule has 1 aromatic carbocycles. The summed E-state index contributed by atoms with van der Waals surface area (Å²) in [5.41, 5.74) is 1.92. The lowest BCUT2D eigenvalue weighted by Gasteiger charge is -2.34. The van der Waals surface area contributed by atoms with Crippen molar-refractivity contribution in [1.29, 1.82) is 0 Å². The fourth-order valence-electron chi connectivity index (χ4n) is 3.02. The maximum Gasteiger partial charge on any atom is 0.227 e. The summed E-state index contributed by atoms with van der Waals surface area (Å²) >= 11 is 0. The van der Waals surface area contributed by atoms with Gasteiger partial charge in [0.05, 0.1) is 25.3 Å². The van der Waals surface area contributed by atoms with E-state index in [9.17, 15) is 4.79 Å². The Morgan fingerprint density at radius 1 is 1.20 bits per heavy atom. The Kier molecular flexibility index (Phi) is 5.71. The average molecular weight is 343 g/mol. The van der Waals surface area contributed by atoms with Gasteiger partial charge < -0.3 is 14.2 Å². The molecule has 6 heteroatoms. The third kappa shape index (κ3) is 4.82. The van der Waals surface area contributed by atoms with Crippen molar-refractivity contribution in [2.45, 2.75) is 26.8 Å². The van der Waals surface area contributed by atoms with Gasteiger partial charge in [-0.2, -0.15) is 0 Å². The number of piperazine rings is 1. The topological polar surface area (TPSA) is 58.8 Å². The average Bonchev–Trinajstić information content (AvgIpc) is 3.02. The molecule has 2 heterocycles. The third-order valence-electron chi connectivity index (χ3n) is 4.37. The molecule has 1 fully saturated rings. The molecule has 0 unspecified atom stereocenters. The van der Waals surface area contributed by atoms with Gasteiger partial charge in [0.25, 0.3) is 0 Å². The zero-order valence-corrected chi connectivity index (χ0v) is 14.9. The predicted molar refractivity (Wildman–Crippen MR) is 94.4 cm³/mol. The molecule has 1 aliphatic heterocycles. The van der Waals surface area contributed by atoms with E-state index in [1.165, 1.54) is 0 Å². The summed E-state index contributed by atoms with van der Waals surface area (Å²) in [4.78, 5) is 16.7. The minimum Gasteiger partial charge on any atom is -0.494 e. The van der Waals surface area contributed by atoms with Gasteiger partial charge in [-0.3, -0.25) is 9.69 Å². The number of aryl methyl sites for hydroxylation is 1. The molecule has 25 heavy (non-hydrogen) atoms. The van der Waals surface area contributed by atoms with Gasteiger partial charge in [0.15, 0.2) is 5.76 Å². The van der Waals surface area contributed by atoms with Crippen molar-refractivity contribution in [3.63, 3.8) is 0 Å². The van der Waals surface area contributed by atoms with Crippen LogP contribution in [0.25, 0.3) is 0 Å². The predicted octanol–water partition coefficient (Wildman–Crippen LogP) is 2.27. The Hall–Kier alpha value is -2.34. The van der Waals surface area contributed by atoms with Crippen LogP contribution in [0, 0.1) is 6.92 Å². The lowest BCUT2D eigenvalue weighted by molar-refractivity contribution is -0.132. The summed E-state index contributed by atoms with van der Waals surface area (Å²) in [5.74, 6) is 1.90. The highest BCUT2D eigenvalue weighted by Crippen LogP contribution is 2.14. The summed E-state index contributed by atoms with van der Waals surface area (Å²) in [6, 6.07) is 9.73. The van der Waals surface area contributed by atoms with Gasteiger partial charge in [-0.25, -0.2) is 0 Å². The number of carbonyl (C=O) groups is 1. The lowest BCUT2D eigenvalue weighted by atomic mass is 10.1. The largest absolute Gasteiger partial charge is 0.494 e. The molecule has 6 nitrogen and oxygen atoms in total. The van der Waals surface area contributed by atoms with Crippen LogP contribution < -0.4 is 4.74 Å². The van der Waals surface area contributed by atoms with Crippen LogP contribution in [0.4, 0.5) is 0 Å². The van der Waals surface area contributed by atoms with Crippen LogP contribution in [-0.4, -0.2) is 53.6 Å². The first-order chi connectivity index (χ1) is 12.1. The number of rotatable bonds is 6. The fourth-order valence-corrected chi connectivity index (χ4v) is 3.02. The standard InChI is InChI=1S/C19H25N3O3/c1-3-24-17-6-4-16(5-7-17)13-19(23)22-10-8-21(9-11-22)14-18-12-15(2)20-25-18/h4-7,12H,3,8-11,13-14H2,1-2H3. The maximum atomic E-state index is 12.5. The molecule has 1 aromatic heterocycles. The molecule has 0 radical (unpaired) electrons. The van der Waals surface area contributed by atoms with E-state index in [4.69, 9.17) is 9.26 Å². The molecule has 1 aliphatic rings. The van der Waals surface area contributed by atoms with Crippen molar-refractivity contribution >= 4 is 5.91 Å². The minimum absolute atomic E-state index is 0.180. The van der Waals surface area contributed by atoms with Crippen LogP contribution in [0.5, 0.6) is 5.75 Å². The molecule has 3 rings (SSSR count). The van der Waals surface area contributed by atoms with Gasteiger partial charge in [0, 0.05) is 32.2 Å². The summed E-state index contributed by atoms with van der Waals surface area (Å²) in [5, 5.41) is 3.91. The van der Waals surface area contributed by atoms with Gasteiger partial charge in [-0.1, -0.05) is 17.3 Å². The van der Waals surface area contributed by atoms with Crippen LogP contribution in [0.3, 0.4) is 0 Å². The van der Waals surface area contributed by atoms with E-state index in [1.54, 1.807) is 0 Å². The Balaban J connectivity index is 1.46. The molecular weight excluding hydrogens is 318 g/mol. The molecular formula is C19H25N3O3. The number of ether oxygens (including phenoxy) is 1. The first-order valence-electron chi connectivity index (χ1n) is 8.78. The van der Waals surface area contributed by atoms with Gasteiger partial charge in [0.2, 0.25) is 5.91 Å². The van der Waals surface area contributed by atoms with Crippen LogP contribution in [0.1, 0.15) is 23.9 Å². The number of carbonyl (C=O) groups excluding carboxylic acids is 1. The quantitative estimate of drug-likeness (QED) is 0.805. The van der Waals surface area contributed by atoms with E-state index in [1.807, 2.05) is 49.1 Å². The van der Waals surface area contributed by atoms with Crippen LogP contribution in [0.15, 0.2) is 34.9 Å². The second-order valence-electron chi connectivity index (χ2n) is 6.35. The van der Waals surface area contributed by atoms with Gasteiger partial charge >= 0.3 is 0 Å². The second kappa shape index (κ2) is 8.16. The highest BCUT2D eigenvalue weighted by atomic mass is 16.5. The second-order valence-corrected chi connectivity index (χ2v) is 6.35. The smallest absolute Gasteiger partial charge is 0.227 e. The molecule has 0 saturated carbocycles. The van der Waals surface area contributed by atoms with Crippen molar-refractivity contribution in [1.82, 2.24) is 15.0 Å². The zero-order valence-electron chi connectivity index (χ0n) is 14.9. The van der Waals surface area contributed by atoms with Crippen LogP contribution in [-0.2, 0) is 17.8 Å². The van der Waals surface area contributed by atoms with Gasteiger partial charge in [0.1, 0.15) is 5.75 Å². The molecule has 0 bridgehead atoms. The van der Waals surface area contributed by atoms with Crippen molar-refractivity contribution in [3.8, 4) is 5.75 Å². The van der Waals surface area contributed by atoms with E-state index >= 15 is 0 Å². The summed E-state index contributed by atoms with van der Waals surface area (Å²) in [6.45, 7) is 8.50. The van der Waals surface area contributed by atoms with Gasteiger partial charge in [-0.05, 0) is 31.5 Å². The van der Waals surface area contributed by atoms with Crippen molar-refractivity contribution in [2.24, 2.45) is 0 Å². The Morgan fingerprint density at radius 3 is 2.52 bits per heavy atom. The lowest BCUT2D eigenvalue weighted by Crippen LogP contribution is -2.48. The SMILES string of the molecule is CCOc1ccc(CC(=O)N2CCN(Cc3cc(C)no3)CC2)cc1. The Morgan fingerprint density at radius 2 is 1.92 bits per heavy atom. The molecule has 1 saturated heterocycles. The van der Waals surface area contributed by atoms with Crippen LogP contribution in [0.2, 0.25) is 0 Å². The number of amides is 1. The zero-order chi connectivity index (χ0) is 17.6. The van der Waals surface area contributed by atoms with Gasteiger partial charge in [-0.15, -0.1) is 0 Å². The normalized spacial score (nSPS) is 15.4. The summed E-state index contributed by atoms with van der Waals surface area (Å²) < 4.78 is 10.7. The Labute approximate surface area is 148 Å². The highest BCUT2D eigenvalue weighted by molar-refractivity contribution is 5.78. The molecule has 0 aliphatic carbocycles. The van der Waals surface area contributed by atoms with E-state index in [0.29, 0.717) is 13.0 Å². The number of nitrogens with zero attached hydrogens (tertiary/aromatic N) is 3.